The summed E-state index contributed by atoms with van der Waals surface area (Å²) in [6.45, 7) is 0.657. The van der Waals surface area contributed by atoms with Gasteiger partial charge in [-0.2, -0.15) is 0 Å². The zero-order valence-corrected chi connectivity index (χ0v) is 9.38. The summed E-state index contributed by atoms with van der Waals surface area (Å²) >= 11 is 0. The maximum absolute atomic E-state index is 9.22. The second kappa shape index (κ2) is 5.52. The van der Waals surface area contributed by atoms with Gasteiger partial charge < -0.3 is 15.4 Å². The van der Waals surface area contributed by atoms with Crippen molar-refractivity contribution < 1.29 is 10.0 Å². The van der Waals surface area contributed by atoms with E-state index in [1.165, 1.54) is 0 Å². The van der Waals surface area contributed by atoms with Gasteiger partial charge in [0.25, 0.3) is 0 Å². The molecule has 0 aliphatic rings. The minimum atomic E-state index is -1.45. The Morgan fingerprint density at radius 3 is 2.24 bits per heavy atom. The molecule has 2 aromatic rings. The van der Waals surface area contributed by atoms with E-state index in [2.05, 4.69) is 5.32 Å². The lowest BCUT2D eigenvalue weighted by Gasteiger charge is -2.11. The van der Waals surface area contributed by atoms with E-state index in [9.17, 15) is 10.0 Å². The van der Waals surface area contributed by atoms with Crippen molar-refractivity contribution >= 4 is 18.3 Å². The van der Waals surface area contributed by atoms with E-state index < -0.39 is 7.12 Å². The van der Waals surface area contributed by atoms with Crippen molar-refractivity contribution in [2.75, 3.05) is 5.32 Å². The van der Waals surface area contributed by atoms with Crippen molar-refractivity contribution in [3.63, 3.8) is 0 Å². The van der Waals surface area contributed by atoms with Gasteiger partial charge in [0.05, 0.1) is 0 Å². The Bertz CT molecular complexity index is 474. The Kier molecular flexibility index (Phi) is 3.80. The lowest BCUT2D eigenvalue weighted by molar-refractivity contribution is 0.426. The molecule has 0 bridgehead atoms. The molecule has 3 N–H and O–H groups in total. The number of nitrogens with one attached hydrogen (secondary N) is 1. The molecule has 2 aromatic carbocycles. The van der Waals surface area contributed by atoms with Gasteiger partial charge in [-0.1, -0.05) is 48.5 Å². The quantitative estimate of drug-likeness (QED) is 0.682. The highest BCUT2D eigenvalue weighted by atomic mass is 16.4. The smallest absolute Gasteiger partial charge is 0.423 e. The van der Waals surface area contributed by atoms with Crippen molar-refractivity contribution in [2.24, 2.45) is 0 Å². The fraction of sp³-hybridized carbons (Fsp3) is 0.0769. The monoisotopic (exact) mass is 227 g/mol. The molecule has 3 nitrogen and oxygen atoms in total. The molecule has 2 rings (SSSR count). The van der Waals surface area contributed by atoms with E-state index in [1.807, 2.05) is 42.5 Å². The van der Waals surface area contributed by atoms with Gasteiger partial charge in [0.2, 0.25) is 0 Å². The topological polar surface area (TPSA) is 52.5 Å². The number of para-hydroxylation sites is 1. The first kappa shape index (κ1) is 11.7. The van der Waals surface area contributed by atoms with Crippen LogP contribution in [0.2, 0.25) is 0 Å². The highest BCUT2D eigenvalue weighted by molar-refractivity contribution is 6.60. The Morgan fingerprint density at radius 2 is 1.53 bits per heavy atom. The van der Waals surface area contributed by atoms with Gasteiger partial charge in [-0.05, 0) is 11.6 Å². The van der Waals surface area contributed by atoms with Crippen LogP contribution in [0.5, 0.6) is 0 Å². The zero-order chi connectivity index (χ0) is 12.1. The summed E-state index contributed by atoms with van der Waals surface area (Å²) in [6.07, 6.45) is 0. The molecule has 0 heterocycles. The second-order valence-corrected chi connectivity index (χ2v) is 3.80. The summed E-state index contributed by atoms with van der Waals surface area (Å²) in [6, 6.07) is 17.1. The van der Waals surface area contributed by atoms with E-state index in [0.717, 1.165) is 11.3 Å². The van der Waals surface area contributed by atoms with Gasteiger partial charge in [-0.3, -0.25) is 0 Å². The van der Waals surface area contributed by atoms with Crippen LogP contribution in [0.4, 0.5) is 5.69 Å². The van der Waals surface area contributed by atoms with E-state index in [4.69, 9.17) is 0 Å². The summed E-state index contributed by atoms with van der Waals surface area (Å²) < 4.78 is 0. The molecule has 0 atom stereocenters. The minimum absolute atomic E-state index is 0.489. The van der Waals surface area contributed by atoms with E-state index >= 15 is 0 Å². The third-order valence-electron chi connectivity index (χ3n) is 2.56. The van der Waals surface area contributed by atoms with Crippen LogP contribution in [-0.4, -0.2) is 17.2 Å². The zero-order valence-electron chi connectivity index (χ0n) is 9.38. The van der Waals surface area contributed by atoms with E-state index in [1.54, 1.807) is 12.1 Å². The van der Waals surface area contributed by atoms with Crippen molar-refractivity contribution in [1.29, 1.82) is 0 Å². The average Bonchev–Trinajstić information content (AvgIpc) is 2.38. The molecule has 0 aromatic heterocycles. The first-order chi connectivity index (χ1) is 8.27. The molecule has 0 fully saturated rings. The Labute approximate surface area is 101 Å². The first-order valence-electron chi connectivity index (χ1n) is 5.50. The molecular formula is C13H14BNO2. The molecule has 0 saturated heterocycles. The molecule has 0 radical (unpaired) electrons. The van der Waals surface area contributed by atoms with E-state index in [0.29, 0.717) is 12.0 Å². The molecule has 17 heavy (non-hydrogen) atoms. The van der Waals surface area contributed by atoms with E-state index in [-0.39, 0.29) is 0 Å². The van der Waals surface area contributed by atoms with Crippen molar-refractivity contribution in [3.05, 3.63) is 60.2 Å². The molecule has 0 spiro atoms. The minimum Gasteiger partial charge on any atom is -0.423 e. The molecule has 86 valence electrons. The molecule has 0 unspecified atom stereocenters. The maximum Gasteiger partial charge on any atom is 0.490 e. The second-order valence-electron chi connectivity index (χ2n) is 3.80. The summed E-state index contributed by atoms with van der Waals surface area (Å²) in [5.74, 6) is 0. The average molecular weight is 227 g/mol. The SMILES string of the molecule is OB(O)c1ccccc1NCc1ccccc1. The fourth-order valence-corrected chi connectivity index (χ4v) is 1.68. The normalized spacial score (nSPS) is 10.0. The van der Waals surface area contributed by atoms with Crippen LogP contribution in [0.1, 0.15) is 5.56 Å². The van der Waals surface area contributed by atoms with Gasteiger partial charge >= 0.3 is 7.12 Å². The van der Waals surface area contributed by atoms with Gasteiger partial charge in [0.15, 0.2) is 0 Å². The predicted octanol–water partition coefficient (Wildman–Crippen LogP) is 0.978. The Morgan fingerprint density at radius 1 is 0.882 bits per heavy atom. The molecule has 4 heteroatoms. The molecule has 0 aliphatic heterocycles. The highest BCUT2D eigenvalue weighted by Crippen LogP contribution is 2.07. The molecule has 0 amide bonds. The number of hydrogen-bond acceptors (Lipinski definition) is 3. The largest absolute Gasteiger partial charge is 0.490 e. The lowest BCUT2D eigenvalue weighted by atomic mass is 9.79. The van der Waals surface area contributed by atoms with Gasteiger partial charge in [-0.25, -0.2) is 0 Å². The van der Waals surface area contributed by atoms with Crippen molar-refractivity contribution in [1.82, 2.24) is 0 Å². The Hall–Kier alpha value is -1.78. The van der Waals surface area contributed by atoms with Gasteiger partial charge in [-0.15, -0.1) is 0 Å². The first-order valence-corrected chi connectivity index (χ1v) is 5.50. The summed E-state index contributed by atoms with van der Waals surface area (Å²) in [7, 11) is -1.45. The van der Waals surface area contributed by atoms with Crippen LogP contribution in [0, 0.1) is 0 Å². The van der Waals surface area contributed by atoms with Crippen molar-refractivity contribution in [3.8, 4) is 0 Å². The summed E-state index contributed by atoms with van der Waals surface area (Å²) in [5, 5.41) is 21.6. The number of hydrogen-bond donors (Lipinski definition) is 3. The van der Waals surface area contributed by atoms with Crippen molar-refractivity contribution in [2.45, 2.75) is 6.54 Å². The fourth-order valence-electron chi connectivity index (χ4n) is 1.68. The number of anilines is 1. The number of benzene rings is 2. The van der Waals surface area contributed by atoms with Crippen LogP contribution in [-0.2, 0) is 6.54 Å². The van der Waals surface area contributed by atoms with Gasteiger partial charge in [0.1, 0.15) is 0 Å². The third kappa shape index (κ3) is 3.09. The molecule has 0 saturated carbocycles. The highest BCUT2D eigenvalue weighted by Gasteiger charge is 2.14. The predicted molar refractivity (Wildman–Crippen MR) is 70.0 cm³/mol. The summed E-state index contributed by atoms with van der Waals surface area (Å²) in [4.78, 5) is 0. The van der Waals surface area contributed by atoms with Crippen LogP contribution in [0.15, 0.2) is 54.6 Å². The lowest BCUT2D eigenvalue weighted by Crippen LogP contribution is -2.32. The molecular weight excluding hydrogens is 213 g/mol. The maximum atomic E-state index is 9.22. The van der Waals surface area contributed by atoms with Crippen LogP contribution in [0.25, 0.3) is 0 Å². The summed E-state index contributed by atoms with van der Waals surface area (Å²) in [5.41, 5.74) is 2.38. The van der Waals surface area contributed by atoms with Crippen LogP contribution >= 0.6 is 0 Å². The standard InChI is InChI=1S/C13H14BNO2/c16-14(17)12-8-4-5-9-13(12)15-10-11-6-2-1-3-7-11/h1-9,15-17H,10H2. The number of rotatable bonds is 4. The molecule has 0 aliphatic carbocycles. The van der Waals surface area contributed by atoms with Crippen LogP contribution in [0.3, 0.4) is 0 Å². The third-order valence-corrected chi connectivity index (χ3v) is 2.56. The van der Waals surface area contributed by atoms with Crippen LogP contribution < -0.4 is 10.8 Å². The van der Waals surface area contributed by atoms with Gasteiger partial charge in [0, 0.05) is 17.7 Å². The Balaban J connectivity index is 2.09.